The zero-order chi connectivity index (χ0) is 14.7. The summed E-state index contributed by atoms with van der Waals surface area (Å²) in [5.41, 5.74) is 1.13. The van der Waals surface area contributed by atoms with E-state index in [2.05, 4.69) is 0 Å². The van der Waals surface area contributed by atoms with Crippen molar-refractivity contribution in [3.05, 3.63) is 40.0 Å². The lowest BCUT2D eigenvalue weighted by molar-refractivity contribution is -0.384. The Labute approximate surface area is 116 Å². The lowest BCUT2D eigenvalue weighted by Gasteiger charge is -2.22. The Balaban J connectivity index is 2.37. The fraction of sp³-hybridized carbons (Fsp3) is 0.357. The van der Waals surface area contributed by atoms with Gasteiger partial charge >= 0.3 is 5.97 Å². The molecule has 2 rings (SSSR count). The minimum absolute atomic E-state index is 0.0197. The van der Waals surface area contributed by atoms with Gasteiger partial charge in [0.15, 0.2) is 0 Å². The van der Waals surface area contributed by atoms with E-state index in [1.165, 1.54) is 12.1 Å². The largest absolute Gasteiger partial charge is 0.478 e. The van der Waals surface area contributed by atoms with E-state index in [0.29, 0.717) is 17.3 Å². The highest BCUT2D eigenvalue weighted by Gasteiger charge is 2.31. The molecule has 0 aromatic heterocycles. The summed E-state index contributed by atoms with van der Waals surface area (Å²) in [5.74, 6) is -1.08. The highest BCUT2D eigenvalue weighted by molar-refractivity contribution is 5.85. The van der Waals surface area contributed by atoms with E-state index in [1.54, 1.807) is 12.1 Å². The van der Waals surface area contributed by atoms with Crippen molar-refractivity contribution < 1.29 is 14.8 Å². The molecule has 0 amide bonds. The smallest absolute Gasteiger partial charge is 0.328 e. The van der Waals surface area contributed by atoms with E-state index >= 15 is 0 Å². The van der Waals surface area contributed by atoms with Crippen LogP contribution >= 0.6 is 0 Å². The van der Waals surface area contributed by atoms with Gasteiger partial charge in [-0.05, 0) is 37.5 Å². The molecule has 6 heteroatoms. The van der Waals surface area contributed by atoms with Crippen LogP contribution in [0.3, 0.4) is 0 Å². The molecule has 0 atom stereocenters. The third kappa shape index (κ3) is 3.14. The van der Waals surface area contributed by atoms with Crippen molar-refractivity contribution in [1.29, 1.82) is 0 Å². The molecule has 1 fully saturated rings. The number of nitro benzene ring substituents is 1. The van der Waals surface area contributed by atoms with Gasteiger partial charge in [0.25, 0.3) is 5.69 Å². The maximum atomic E-state index is 11.2. The summed E-state index contributed by atoms with van der Waals surface area (Å²) < 4.78 is 0. The van der Waals surface area contributed by atoms with Gasteiger partial charge in [-0.2, -0.15) is 0 Å². The van der Waals surface area contributed by atoms with Gasteiger partial charge < -0.3 is 10.0 Å². The molecule has 20 heavy (non-hydrogen) atoms. The Morgan fingerprint density at radius 3 is 2.75 bits per heavy atom. The molecular formula is C14H16N2O4. The van der Waals surface area contributed by atoms with E-state index < -0.39 is 10.9 Å². The number of carboxylic acids is 1. The molecule has 0 bridgehead atoms. The number of hydrogen-bond donors (Lipinski definition) is 1. The van der Waals surface area contributed by atoms with Crippen LogP contribution in [0.1, 0.15) is 25.3 Å². The highest BCUT2D eigenvalue weighted by atomic mass is 16.6. The van der Waals surface area contributed by atoms with Crippen molar-refractivity contribution in [2.45, 2.75) is 25.8 Å². The molecule has 0 spiro atoms. The van der Waals surface area contributed by atoms with Crippen LogP contribution in [0.25, 0.3) is 6.08 Å². The minimum atomic E-state index is -1.08. The van der Waals surface area contributed by atoms with Crippen LogP contribution in [0.15, 0.2) is 24.3 Å². The molecular weight excluding hydrogens is 260 g/mol. The molecule has 0 aliphatic heterocycles. The van der Waals surface area contributed by atoms with Gasteiger partial charge in [0, 0.05) is 24.7 Å². The van der Waals surface area contributed by atoms with Gasteiger partial charge in [0.1, 0.15) is 5.69 Å². The van der Waals surface area contributed by atoms with Crippen LogP contribution < -0.4 is 4.90 Å². The molecule has 1 aliphatic rings. The van der Waals surface area contributed by atoms with Crippen molar-refractivity contribution in [2.24, 2.45) is 0 Å². The summed E-state index contributed by atoms with van der Waals surface area (Å²) in [4.78, 5) is 23.3. The first-order valence-corrected chi connectivity index (χ1v) is 6.49. The third-order valence-electron chi connectivity index (χ3n) is 3.25. The number of anilines is 1. The monoisotopic (exact) mass is 276 g/mol. The van der Waals surface area contributed by atoms with Crippen LogP contribution in [0, 0.1) is 10.1 Å². The Bertz CT molecular complexity index is 564. The zero-order valence-electron chi connectivity index (χ0n) is 11.2. The van der Waals surface area contributed by atoms with Gasteiger partial charge in [-0.25, -0.2) is 4.79 Å². The number of carbonyl (C=O) groups is 1. The van der Waals surface area contributed by atoms with E-state index in [0.717, 1.165) is 25.5 Å². The summed E-state index contributed by atoms with van der Waals surface area (Å²) in [5, 5.41) is 19.8. The maximum absolute atomic E-state index is 11.2. The average Bonchev–Trinajstić information content (AvgIpc) is 3.22. The number of rotatable bonds is 6. The molecule has 1 aromatic carbocycles. The number of carboxylic acid groups (broad SMARTS) is 1. The number of aliphatic carboxylic acids is 1. The normalized spacial score (nSPS) is 14.4. The second-order valence-corrected chi connectivity index (χ2v) is 4.69. The summed E-state index contributed by atoms with van der Waals surface area (Å²) in [6.45, 7) is 2.69. The second-order valence-electron chi connectivity index (χ2n) is 4.69. The highest BCUT2D eigenvalue weighted by Crippen LogP contribution is 2.37. The van der Waals surface area contributed by atoms with Crippen molar-refractivity contribution in [3.8, 4) is 0 Å². The topological polar surface area (TPSA) is 83.7 Å². The lowest BCUT2D eigenvalue weighted by atomic mass is 10.1. The van der Waals surface area contributed by atoms with Crippen molar-refractivity contribution >= 4 is 23.4 Å². The molecule has 0 radical (unpaired) electrons. The number of nitro groups is 1. The average molecular weight is 276 g/mol. The molecule has 106 valence electrons. The zero-order valence-corrected chi connectivity index (χ0v) is 11.2. The van der Waals surface area contributed by atoms with Crippen LogP contribution in [-0.2, 0) is 4.79 Å². The standard InChI is InChI=1S/C14H16N2O4/c1-2-15(11-5-6-11)12-7-3-10(4-8-14(17)18)9-13(12)16(19)20/h3-4,7-9,11H,2,5-6H2,1H3,(H,17,18)/b8-4+. The van der Waals surface area contributed by atoms with Crippen molar-refractivity contribution in [2.75, 3.05) is 11.4 Å². The molecule has 1 saturated carbocycles. The Kier molecular flexibility index (Phi) is 4.02. The Morgan fingerprint density at radius 2 is 2.25 bits per heavy atom. The first-order chi connectivity index (χ1) is 9.52. The number of benzene rings is 1. The first kappa shape index (κ1) is 14.0. The van der Waals surface area contributed by atoms with Gasteiger partial charge in [0.05, 0.1) is 4.92 Å². The molecule has 0 saturated heterocycles. The van der Waals surface area contributed by atoms with Crippen molar-refractivity contribution in [3.63, 3.8) is 0 Å². The molecule has 0 heterocycles. The molecule has 1 aliphatic carbocycles. The molecule has 0 unspecified atom stereocenters. The molecule has 1 aromatic rings. The van der Waals surface area contributed by atoms with Gasteiger partial charge in [-0.15, -0.1) is 0 Å². The number of nitrogens with zero attached hydrogens (tertiary/aromatic N) is 2. The Morgan fingerprint density at radius 1 is 1.55 bits per heavy atom. The third-order valence-corrected chi connectivity index (χ3v) is 3.25. The van der Waals surface area contributed by atoms with E-state index in [9.17, 15) is 14.9 Å². The first-order valence-electron chi connectivity index (χ1n) is 6.49. The summed E-state index contributed by atoms with van der Waals surface area (Å²) >= 11 is 0. The van der Waals surface area contributed by atoms with Gasteiger partial charge in [-0.3, -0.25) is 10.1 Å². The van der Waals surface area contributed by atoms with Gasteiger partial charge in [0.2, 0.25) is 0 Å². The summed E-state index contributed by atoms with van der Waals surface area (Å²) in [7, 11) is 0. The van der Waals surface area contributed by atoms with Crippen molar-refractivity contribution in [1.82, 2.24) is 0 Å². The quantitative estimate of drug-likeness (QED) is 0.490. The van der Waals surface area contributed by atoms with Crippen LogP contribution in [0.5, 0.6) is 0 Å². The maximum Gasteiger partial charge on any atom is 0.328 e. The summed E-state index contributed by atoms with van der Waals surface area (Å²) in [6, 6.07) is 5.20. The van der Waals surface area contributed by atoms with Crippen LogP contribution in [0.2, 0.25) is 0 Å². The minimum Gasteiger partial charge on any atom is -0.478 e. The van der Waals surface area contributed by atoms with Crippen LogP contribution in [0.4, 0.5) is 11.4 Å². The van der Waals surface area contributed by atoms with E-state index in [-0.39, 0.29) is 5.69 Å². The molecule has 6 nitrogen and oxygen atoms in total. The summed E-state index contributed by atoms with van der Waals surface area (Å²) in [6.07, 6.45) is 4.45. The predicted molar refractivity (Wildman–Crippen MR) is 75.8 cm³/mol. The lowest BCUT2D eigenvalue weighted by Crippen LogP contribution is -2.25. The van der Waals surface area contributed by atoms with Crippen LogP contribution in [-0.4, -0.2) is 28.6 Å². The fourth-order valence-corrected chi connectivity index (χ4v) is 2.21. The number of hydrogen-bond acceptors (Lipinski definition) is 4. The predicted octanol–water partition coefficient (Wildman–Crippen LogP) is 2.68. The van der Waals surface area contributed by atoms with Gasteiger partial charge in [-0.1, -0.05) is 6.07 Å². The SMILES string of the molecule is CCN(c1ccc(/C=C/C(=O)O)cc1[N+](=O)[O-])C1CC1. The second kappa shape index (κ2) is 5.73. The fourth-order valence-electron chi connectivity index (χ4n) is 2.21. The Hall–Kier alpha value is -2.37. The van der Waals surface area contributed by atoms with E-state index in [4.69, 9.17) is 5.11 Å². The van der Waals surface area contributed by atoms with E-state index in [1.807, 2.05) is 11.8 Å². The molecule has 1 N–H and O–H groups in total.